The highest BCUT2D eigenvalue weighted by molar-refractivity contribution is 9.10. The van der Waals surface area contributed by atoms with Crippen LogP contribution in [0.5, 0.6) is 0 Å². The third-order valence-electron chi connectivity index (χ3n) is 3.78. The van der Waals surface area contributed by atoms with Crippen molar-refractivity contribution in [2.45, 2.75) is 57.7 Å². The Labute approximate surface area is 141 Å². The van der Waals surface area contributed by atoms with Crippen molar-refractivity contribution in [3.8, 4) is 0 Å². The summed E-state index contributed by atoms with van der Waals surface area (Å²) in [5.74, 6) is 0. The number of hydrogen-bond donors (Lipinski definition) is 2. The van der Waals surface area contributed by atoms with Crippen molar-refractivity contribution < 1.29 is 9.53 Å². The third-order valence-corrected chi connectivity index (χ3v) is 4.31. The largest absolute Gasteiger partial charge is 0.444 e. The van der Waals surface area contributed by atoms with Gasteiger partial charge in [-0.3, -0.25) is 0 Å². The van der Waals surface area contributed by atoms with E-state index in [4.69, 9.17) is 4.74 Å². The summed E-state index contributed by atoms with van der Waals surface area (Å²) in [6, 6.07) is 8.25. The minimum atomic E-state index is -0.458. The van der Waals surface area contributed by atoms with Gasteiger partial charge >= 0.3 is 6.09 Å². The molecular formula is C17H25BrN2O2. The van der Waals surface area contributed by atoms with E-state index in [1.54, 1.807) is 0 Å². The summed E-state index contributed by atoms with van der Waals surface area (Å²) >= 11 is 3.43. The van der Waals surface area contributed by atoms with Crippen LogP contribution in [0.25, 0.3) is 0 Å². The van der Waals surface area contributed by atoms with Gasteiger partial charge in [0.25, 0.3) is 0 Å². The molecule has 0 spiro atoms. The number of nitrogens with one attached hydrogen (secondary N) is 2. The maximum atomic E-state index is 12.0. The zero-order valence-electron chi connectivity index (χ0n) is 13.5. The summed E-state index contributed by atoms with van der Waals surface area (Å²) < 4.78 is 6.45. The lowest BCUT2D eigenvalue weighted by Gasteiger charge is -2.42. The fourth-order valence-electron chi connectivity index (χ4n) is 2.52. The van der Waals surface area contributed by atoms with Crippen molar-refractivity contribution in [1.29, 1.82) is 0 Å². The second-order valence-corrected chi connectivity index (χ2v) is 7.91. The molecule has 1 fully saturated rings. The molecule has 1 aromatic carbocycles. The van der Waals surface area contributed by atoms with Crippen LogP contribution in [0.15, 0.2) is 28.7 Å². The minimum absolute atomic E-state index is 0.155. The topological polar surface area (TPSA) is 50.4 Å². The number of benzene rings is 1. The Morgan fingerprint density at radius 2 is 1.91 bits per heavy atom. The molecule has 0 aromatic heterocycles. The van der Waals surface area contributed by atoms with Crippen molar-refractivity contribution >= 4 is 22.0 Å². The smallest absolute Gasteiger partial charge is 0.408 e. The summed E-state index contributed by atoms with van der Waals surface area (Å²) in [6.45, 7) is 7.21. The third kappa shape index (κ3) is 5.29. The zero-order chi connectivity index (χ0) is 16.2. The standard InChI is InChI=1S/C17H25BrN2O2/c1-16(2,3)22-15(21)20-17(9-4-10-17)12-19-11-13-5-7-14(18)8-6-13/h5-8,19H,4,9-12H2,1-3H3,(H,20,21). The highest BCUT2D eigenvalue weighted by Gasteiger charge is 2.39. The normalized spacial score (nSPS) is 16.7. The van der Waals surface area contributed by atoms with E-state index in [9.17, 15) is 4.79 Å². The molecule has 0 atom stereocenters. The number of carbonyl (C=O) groups excluding carboxylic acids is 1. The van der Waals surface area contributed by atoms with Crippen LogP contribution in [-0.2, 0) is 11.3 Å². The molecule has 0 heterocycles. The van der Waals surface area contributed by atoms with Gasteiger partial charge in [-0.05, 0) is 57.7 Å². The van der Waals surface area contributed by atoms with Crippen LogP contribution in [-0.4, -0.2) is 23.8 Å². The molecule has 2 N–H and O–H groups in total. The van der Waals surface area contributed by atoms with Crippen LogP contribution in [0, 0.1) is 0 Å². The van der Waals surface area contributed by atoms with Gasteiger partial charge in [0.2, 0.25) is 0 Å². The first kappa shape index (κ1) is 17.3. The Morgan fingerprint density at radius 3 is 2.41 bits per heavy atom. The predicted molar refractivity (Wildman–Crippen MR) is 91.8 cm³/mol. The number of carbonyl (C=O) groups is 1. The van der Waals surface area contributed by atoms with Crippen molar-refractivity contribution in [2.75, 3.05) is 6.54 Å². The summed E-state index contributed by atoms with van der Waals surface area (Å²) in [7, 11) is 0. The first-order valence-electron chi connectivity index (χ1n) is 7.74. The predicted octanol–water partition coefficient (Wildman–Crippen LogP) is 3.99. The molecule has 122 valence electrons. The molecule has 4 nitrogen and oxygen atoms in total. The van der Waals surface area contributed by atoms with Crippen molar-refractivity contribution in [3.05, 3.63) is 34.3 Å². The van der Waals surface area contributed by atoms with Gasteiger partial charge in [0.1, 0.15) is 5.60 Å². The van der Waals surface area contributed by atoms with Crippen LogP contribution in [0.3, 0.4) is 0 Å². The van der Waals surface area contributed by atoms with Gasteiger partial charge in [-0.15, -0.1) is 0 Å². The molecule has 2 rings (SSSR count). The molecule has 0 radical (unpaired) electrons. The van der Waals surface area contributed by atoms with Crippen LogP contribution < -0.4 is 10.6 Å². The number of amides is 1. The second-order valence-electron chi connectivity index (χ2n) is 6.99. The average molecular weight is 369 g/mol. The van der Waals surface area contributed by atoms with Crippen LogP contribution in [0.1, 0.15) is 45.6 Å². The van der Waals surface area contributed by atoms with E-state index in [1.807, 2.05) is 32.9 Å². The van der Waals surface area contributed by atoms with E-state index >= 15 is 0 Å². The lowest BCUT2D eigenvalue weighted by Crippen LogP contribution is -2.59. The molecule has 1 saturated carbocycles. The molecular weight excluding hydrogens is 344 g/mol. The van der Waals surface area contributed by atoms with Gasteiger partial charge in [-0.2, -0.15) is 0 Å². The quantitative estimate of drug-likeness (QED) is 0.825. The average Bonchev–Trinajstić information content (AvgIpc) is 2.36. The Morgan fingerprint density at radius 1 is 1.27 bits per heavy atom. The van der Waals surface area contributed by atoms with E-state index in [0.717, 1.165) is 36.8 Å². The fraction of sp³-hybridized carbons (Fsp3) is 0.588. The fourth-order valence-corrected chi connectivity index (χ4v) is 2.78. The molecule has 0 bridgehead atoms. The lowest BCUT2D eigenvalue weighted by molar-refractivity contribution is 0.0382. The van der Waals surface area contributed by atoms with Gasteiger partial charge in [-0.1, -0.05) is 28.1 Å². The van der Waals surface area contributed by atoms with Gasteiger partial charge in [-0.25, -0.2) is 4.79 Å². The van der Waals surface area contributed by atoms with Crippen molar-refractivity contribution in [1.82, 2.24) is 10.6 Å². The zero-order valence-corrected chi connectivity index (χ0v) is 15.1. The van der Waals surface area contributed by atoms with Crippen molar-refractivity contribution in [3.63, 3.8) is 0 Å². The van der Waals surface area contributed by atoms with Gasteiger partial charge in [0, 0.05) is 17.6 Å². The second kappa shape index (κ2) is 7.01. The summed E-state index contributed by atoms with van der Waals surface area (Å²) in [6.07, 6.45) is 2.83. The number of halogens is 1. The molecule has 0 aliphatic heterocycles. The minimum Gasteiger partial charge on any atom is -0.444 e. The SMILES string of the molecule is CC(C)(C)OC(=O)NC1(CNCc2ccc(Br)cc2)CCC1. The molecule has 1 amide bonds. The molecule has 22 heavy (non-hydrogen) atoms. The molecule has 1 aliphatic carbocycles. The maximum absolute atomic E-state index is 12.0. The number of rotatable bonds is 5. The summed E-state index contributed by atoms with van der Waals surface area (Å²) in [5, 5.41) is 6.50. The van der Waals surface area contributed by atoms with Crippen molar-refractivity contribution in [2.24, 2.45) is 0 Å². The lowest BCUT2D eigenvalue weighted by atomic mass is 9.76. The van der Waals surface area contributed by atoms with Gasteiger partial charge in [0.15, 0.2) is 0 Å². The number of hydrogen-bond acceptors (Lipinski definition) is 3. The Hall–Kier alpha value is -1.07. The van der Waals surface area contributed by atoms with E-state index in [0.29, 0.717) is 0 Å². The number of alkyl carbamates (subject to hydrolysis) is 1. The van der Waals surface area contributed by atoms with Gasteiger partial charge in [0.05, 0.1) is 5.54 Å². The van der Waals surface area contributed by atoms with Crippen LogP contribution in [0.4, 0.5) is 4.79 Å². The molecule has 0 saturated heterocycles. The summed E-state index contributed by atoms with van der Waals surface area (Å²) in [4.78, 5) is 12.0. The highest BCUT2D eigenvalue weighted by atomic mass is 79.9. The van der Waals surface area contributed by atoms with E-state index in [2.05, 4.69) is 38.7 Å². The van der Waals surface area contributed by atoms with Crippen LogP contribution >= 0.6 is 15.9 Å². The first-order chi connectivity index (χ1) is 10.3. The molecule has 1 aromatic rings. The maximum Gasteiger partial charge on any atom is 0.408 e. The monoisotopic (exact) mass is 368 g/mol. The number of ether oxygens (including phenoxy) is 1. The first-order valence-corrected chi connectivity index (χ1v) is 8.54. The molecule has 1 aliphatic rings. The van der Waals surface area contributed by atoms with E-state index in [1.165, 1.54) is 5.56 Å². The van der Waals surface area contributed by atoms with Crippen LogP contribution in [0.2, 0.25) is 0 Å². The van der Waals surface area contributed by atoms with E-state index in [-0.39, 0.29) is 11.6 Å². The Bertz CT molecular complexity index is 504. The van der Waals surface area contributed by atoms with Gasteiger partial charge < -0.3 is 15.4 Å². The van der Waals surface area contributed by atoms with E-state index < -0.39 is 5.60 Å². The molecule has 0 unspecified atom stereocenters. The summed E-state index contributed by atoms with van der Waals surface area (Å²) in [5.41, 5.74) is 0.618. The highest BCUT2D eigenvalue weighted by Crippen LogP contribution is 2.31. The Balaban J connectivity index is 1.81. The molecule has 5 heteroatoms. The Kier molecular flexibility index (Phi) is 5.50.